The maximum absolute atomic E-state index is 14.2. The topological polar surface area (TPSA) is 105 Å². The third-order valence-corrected chi connectivity index (χ3v) is 8.21. The van der Waals surface area contributed by atoms with Gasteiger partial charge in [-0.15, -0.1) is 0 Å². The van der Waals surface area contributed by atoms with E-state index in [9.17, 15) is 18.0 Å². The maximum atomic E-state index is 14.2. The van der Waals surface area contributed by atoms with Crippen LogP contribution in [0.3, 0.4) is 0 Å². The van der Waals surface area contributed by atoms with E-state index in [1.165, 1.54) is 11.0 Å². The van der Waals surface area contributed by atoms with E-state index in [1.54, 1.807) is 12.1 Å². The molecule has 1 aliphatic heterocycles. The van der Waals surface area contributed by atoms with Crippen LogP contribution in [-0.2, 0) is 32.6 Å². The minimum atomic E-state index is -3.88. The molecule has 0 spiro atoms. The van der Waals surface area contributed by atoms with Crippen LogP contribution < -0.4 is 19.1 Å². The second kappa shape index (κ2) is 13.1. The summed E-state index contributed by atoms with van der Waals surface area (Å²) >= 11 is 0. The Morgan fingerprint density at radius 3 is 2.29 bits per heavy atom. The standard InChI is InChI=1S/C31H37N3O6S/c1-5-23(3)32-31(36)27(17-24-9-7-6-8-10-24)33(19-25-13-11-22(2)12-14-25)30(35)20-34(41(4,37)38)26-15-16-28-29(18-26)40-21-39-28/h6-16,18,23,27H,5,17,19-21H2,1-4H3,(H,32,36)/t23-,27-/m0/s1. The van der Waals surface area contributed by atoms with Gasteiger partial charge in [-0.1, -0.05) is 67.1 Å². The van der Waals surface area contributed by atoms with Crippen LogP contribution in [-0.4, -0.2) is 56.8 Å². The minimum Gasteiger partial charge on any atom is -0.454 e. The number of fused-ring (bicyclic) bond motifs is 1. The van der Waals surface area contributed by atoms with Crippen LogP contribution in [0.15, 0.2) is 72.8 Å². The van der Waals surface area contributed by atoms with Crippen LogP contribution in [0.1, 0.15) is 37.0 Å². The fourth-order valence-corrected chi connectivity index (χ4v) is 5.38. The molecule has 10 heteroatoms. The van der Waals surface area contributed by atoms with Crippen LogP contribution in [0.25, 0.3) is 0 Å². The third kappa shape index (κ3) is 7.79. The van der Waals surface area contributed by atoms with Gasteiger partial charge >= 0.3 is 0 Å². The summed E-state index contributed by atoms with van der Waals surface area (Å²) < 4.78 is 37.8. The Hall–Kier alpha value is -4.05. The van der Waals surface area contributed by atoms with Gasteiger partial charge in [0.15, 0.2) is 11.5 Å². The van der Waals surface area contributed by atoms with Crippen molar-refractivity contribution in [2.75, 3.05) is 23.9 Å². The zero-order valence-electron chi connectivity index (χ0n) is 23.9. The predicted octanol–water partition coefficient (Wildman–Crippen LogP) is 4.04. The number of rotatable bonds is 12. The highest BCUT2D eigenvalue weighted by atomic mass is 32.2. The lowest BCUT2D eigenvalue weighted by atomic mass is 10.0. The van der Waals surface area contributed by atoms with Crippen LogP contribution in [0, 0.1) is 6.92 Å². The Balaban J connectivity index is 1.72. The SMILES string of the molecule is CC[C@H](C)NC(=O)[C@H](Cc1ccccc1)N(Cc1ccc(C)cc1)C(=O)CN(c1ccc2c(c1)OCO2)S(C)(=O)=O. The molecule has 0 aromatic heterocycles. The summed E-state index contributed by atoms with van der Waals surface area (Å²) in [7, 11) is -3.88. The zero-order valence-corrected chi connectivity index (χ0v) is 24.7. The Kier molecular flexibility index (Phi) is 9.54. The van der Waals surface area contributed by atoms with E-state index in [1.807, 2.05) is 75.4 Å². The van der Waals surface area contributed by atoms with Gasteiger partial charge in [0.25, 0.3) is 0 Å². The molecule has 1 N–H and O–H groups in total. The summed E-state index contributed by atoms with van der Waals surface area (Å²) in [5, 5.41) is 3.03. The Morgan fingerprint density at radius 1 is 0.951 bits per heavy atom. The summed E-state index contributed by atoms with van der Waals surface area (Å²) in [5.41, 5.74) is 3.04. The Bertz CT molecular complexity index is 1460. The number of anilines is 1. The fourth-order valence-electron chi connectivity index (χ4n) is 4.54. The van der Waals surface area contributed by atoms with E-state index in [0.29, 0.717) is 11.5 Å². The first-order valence-electron chi connectivity index (χ1n) is 13.6. The molecule has 41 heavy (non-hydrogen) atoms. The quantitative estimate of drug-likeness (QED) is 0.347. The molecule has 3 aromatic rings. The second-order valence-electron chi connectivity index (χ2n) is 10.3. The lowest BCUT2D eigenvalue weighted by Gasteiger charge is -2.34. The largest absolute Gasteiger partial charge is 0.454 e. The molecule has 1 aliphatic rings. The van der Waals surface area contributed by atoms with E-state index in [2.05, 4.69) is 5.32 Å². The number of aryl methyl sites for hydroxylation is 1. The number of carbonyl (C=O) groups excluding carboxylic acids is 2. The van der Waals surface area contributed by atoms with E-state index in [4.69, 9.17) is 9.47 Å². The summed E-state index contributed by atoms with van der Waals surface area (Å²) in [4.78, 5) is 29.4. The highest BCUT2D eigenvalue weighted by molar-refractivity contribution is 7.92. The van der Waals surface area contributed by atoms with Crippen LogP contribution in [0.4, 0.5) is 5.69 Å². The molecule has 0 bridgehead atoms. The lowest BCUT2D eigenvalue weighted by molar-refractivity contribution is -0.140. The molecule has 0 radical (unpaired) electrons. The van der Waals surface area contributed by atoms with Gasteiger partial charge in [-0.3, -0.25) is 13.9 Å². The van der Waals surface area contributed by atoms with Crippen LogP contribution >= 0.6 is 0 Å². The average molecular weight is 580 g/mol. The van der Waals surface area contributed by atoms with Crippen molar-refractivity contribution in [1.29, 1.82) is 0 Å². The number of amides is 2. The van der Waals surface area contributed by atoms with Gasteiger partial charge < -0.3 is 19.7 Å². The summed E-state index contributed by atoms with van der Waals surface area (Å²) in [5.74, 6) is 0.0979. The van der Waals surface area contributed by atoms with Crippen molar-refractivity contribution < 1.29 is 27.5 Å². The molecule has 0 fully saturated rings. The van der Waals surface area contributed by atoms with Gasteiger partial charge in [0.1, 0.15) is 12.6 Å². The molecule has 2 amide bonds. The second-order valence-corrected chi connectivity index (χ2v) is 12.2. The van der Waals surface area contributed by atoms with Gasteiger partial charge in [0.05, 0.1) is 11.9 Å². The van der Waals surface area contributed by atoms with E-state index in [0.717, 1.165) is 33.7 Å². The first kappa shape index (κ1) is 29.9. The van der Waals surface area contributed by atoms with Gasteiger partial charge in [0, 0.05) is 25.1 Å². The van der Waals surface area contributed by atoms with Gasteiger partial charge in [-0.05, 0) is 43.5 Å². The number of benzene rings is 3. The number of carbonyl (C=O) groups is 2. The normalized spacial score (nSPS) is 13.8. The van der Waals surface area contributed by atoms with Crippen molar-refractivity contribution in [3.8, 4) is 11.5 Å². The summed E-state index contributed by atoms with van der Waals surface area (Å²) in [6.45, 7) is 5.53. The molecule has 0 saturated carbocycles. The number of ether oxygens (including phenoxy) is 2. The van der Waals surface area contributed by atoms with Crippen LogP contribution in [0.2, 0.25) is 0 Å². The highest BCUT2D eigenvalue weighted by Gasteiger charge is 2.33. The summed E-state index contributed by atoms with van der Waals surface area (Å²) in [6.07, 6.45) is 2.04. The number of hydrogen-bond donors (Lipinski definition) is 1. The van der Waals surface area contributed by atoms with Gasteiger partial charge in [-0.2, -0.15) is 0 Å². The Morgan fingerprint density at radius 2 is 1.63 bits per heavy atom. The monoisotopic (exact) mass is 579 g/mol. The molecule has 0 unspecified atom stereocenters. The molecule has 3 aromatic carbocycles. The first-order valence-corrected chi connectivity index (χ1v) is 15.5. The molecule has 218 valence electrons. The third-order valence-electron chi connectivity index (χ3n) is 7.07. The molecular formula is C31H37N3O6S. The lowest BCUT2D eigenvalue weighted by Crippen LogP contribution is -2.54. The maximum Gasteiger partial charge on any atom is 0.244 e. The number of sulfonamides is 1. The number of nitrogens with one attached hydrogen (secondary N) is 1. The van der Waals surface area contributed by atoms with Crippen molar-refractivity contribution in [3.63, 3.8) is 0 Å². The van der Waals surface area contributed by atoms with Crippen molar-refractivity contribution in [2.45, 2.75) is 52.2 Å². The van der Waals surface area contributed by atoms with E-state index in [-0.39, 0.29) is 37.4 Å². The number of hydrogen-bond acceptors (Lipinski definition) is 6. The first-order chi connectivity index (χ1) is 19.5. The zero-order chi connectivity index (χ0) is 29.6. The summed E-state index contributed by atoms with van der Waals surface area (Å²) in [6, 6.07) is 20.9. The van der Waals surface area contributed by atoms with E-state index < -0.39 is 28.5 Å². The predicted molar refractivity (Wildman–Crippen MR) is 158 cm³/mol. The van der Waals surface area contributed by atoms with Crippen molar-refractivity contribution in [1.82, 2.24) is 10.2 Å². The van der Waals surface area contributed by atoms with Crippen molar-refractivity contribution in [3.05, 3.63) is 89.5 Å². The van der Waals surface area contributed by atoms with Crippen molar-refractivity contribution >= 4 is 27.5 Å². The Labute approximate surface area is 242 Å². The molecule has 2 atom stereocenters. The average Bonchev–Trinajstić information content (AvgIpc) is 3.42. The molecule has 1 heterocycles. The van der Waals surface area contributed by atoms with Crippen molar-refractivity contribution in [2.24, 2.45) is 0 Å². The highest BCUT2D eigenvalue weighted by Crippen LogP contribution is 2.36. The molecule has 0 aliphatic carbocycles. The minimum absolute atomic E-state index is 0.0351. The van der Waals surface area contributed by atoms with E-state index >= 15 is 0 Å². The fraction of sp³-hybridized carbons (Fsp3) is 0.355. The smallest absolute Gasteiger partial charge is 0.244 e. The van der Waals surface area contributed by atoms with Gasteiger partial charge in [0.2, 0.25) is 28.6 Å². The molecule has 0 saturated heterocycles. The van der Waals surface area contributed by atoms with Gasteiger partial charge in [-0.25, -0.2) is 8.42 Å². The number of nitrogens with zero attached hydrogens (tertiary/aromatic N) is 2. The molecule has 4 rings (SSSR count). The molecular weight excluding hydrogens is 542 g/mol. The van der Waals surface area contributed by atoms with Crippen LogP contribution in [0.5, 0.6) is 11.5 Å². The molecule has 9 nitrogen and oxygen atoms in total.